The van der Waals surface area contributed by atoms with Crippen molar-refractivity contribution in [1.82, 2.24) is 4.90 Å². The summed E-state index contributed by atoms with van der Waals surface area (Å²) in [5, 5.41) is 1.01. The lowest BCUT2D eigenvalue weighted by molar-refractivity contribution is 0.112. The molecule has 0 aliphatic rings. The first kappa shape index (κ1) is 27.4. The standard InChI is InChI=1S/C25H29I2NO3.ClH/c1-4-7-10-18-19(15-29)22(20-16-31-21-12-9-8-11-17(20)21)24(27)25(23(18)26)30-14-13-28(5-2)6-3;/h8-9,11-12,15-16H,4-7,10,13-14H2,1-3H3;1H. The molecule has 0 radical (unpaired) electrons. The molecule has 0 bridgehead atoms. The quantitative estimate of drug-likeness (QED) is 0.155. The molecule has 7 heteroatoms. The van der Waals surface area contributed by atoms with Crippen molar-refractivity contribution in [1.29, 1.82) is 0 Å². The van der Waals surface area contributed by atoms with Gasteiger partial charge >= 0.3 is 0 Å². The number of nitrogens with zero attached hydrogens (tertiary/aromatic N) is 1. The number of furan rings is 1. The molecular formula is C25H30ClI2NO3. The summed E-state index contributed by atoms with van der Waals surface area (Å²) in [5.74, 6) is 0.880. The molecule has 4 nitrogen and oxygen atoms in total. The van der Waals surface area contributed by atoms with Gasteiger partial charge in [0.25, 0.3) is 0 Å². The average molecular weight is 682 g/mol. The highest BCUT2D eigenvalue weighted by Gasteiger charge is 2.25. The van der Waals surface area contributed by atoms with Crippen LogP contribution in [0.4, 0.5) is 0 Å². The fourth-order valence-corrected chi connectivity index (χ4v) is 6.35. The molecule has 3 rings (SSSR count). The van der Waals surface area contributed by atoms with Gasteiger partial charge in [-0.05, 0) is 82.7 Å². The number of carbonyl (C=O) groups is 1. The van der Waals surface area contributed by atoms with Crippen molar-refractivity contribution in [2.45, 2.75) is 40.0 Å². The second kappa shape index (κ2) is 13.2. The molecule has 3 aromatic rings. The Morgan fingerprint density at radius 1 is 1.09 bits per heavy atom. The Bertz CT molecular complexity index is 1050. The lowest BCUT2D eigenvalue weighted by Gasteiger charge is -2.22. The van der Waals surface area contributed by atoms with Gasteiger partial charge in [-0.2, -0.15) is 0 Å². The largest absolute Gasteiger partial charge is 0.490 e. The lowest BCUT2D eigenvalue weighted by Crippen LogP contribution is -2.28. The molecule has 0 saturated carbocycles. The Morgan fingerprint density at radius 3 is 2.47 bits per heavy atom. The molecule has 0 saturated heterocycles. The number of ether oxygens (including phenoxy) is 1. The first-order valence-electron chi connectivity index (χ1n) is 10.9. The predicted molar refractivity (Wildman–Crippen MR) is 152 cm³/mol. The summed E-state index contributed by atoms with van der Waals surface area (Å²) < 4.78 is 14.2. The minimum absolute atomic E-state index is 0. The molecule has 2 aromatic carbocycles. The van der Waals surface area contributed by atoms with Crippen LogP contribution in [-0.2, 0) is 6.42 Å². The van der Waals surface area contributed by atoms with Crippen molar-refractivity contribution < 1.29 is 13.9 Å². The highest BCUT2D eigenvalue weighted by Crippen LogP contribution is 2.44. The highest BCUT2D eigenvalue weighted by molar-refractivity contribution is 14.1. The van der Waals surface area contributed by atoms with Gasteiger partial charge in [0.05, 0.1) is 13.4 Å². The monoisotopic (exact) mass is 681 g/mol. The minimum Gasteiger partial charge on any atom is -0.490 e. The van der Waals surface area contributed by atoms with E-state index in [4.69, 9.17) is 9.15 Å². The summed E-state index contributed by atoms with van der Waals surface area (Å²) in [7, 11) is 0. The molecule has 0 N–H and O–H groups in total. The lowest BCUT2D eigenvalue weighted by atomic mass is 9.93. The number of rotatable bonds is 11. The van der Waals surface area contributed by atoms with Crippen LogP contribution in [0, 0.1) is 7.14 Å². The first-order chi connectivity index (χ1) is 15.1. The smallest absolute Gasteiger partial charge is 0.151 e. The van der Waals surface area contributed by atoms with Crippen molar-refractivity contribution in [2.24, 2.45) is 0 Å². The summed E-state index contributed by atoms with van der Waals surface area (Å²) in [5.41, 5.74) is 4.53. The van der Waals surface area contributed by atoms with Crippen molar-refractivity contribution in [3.05, 3.63) is 48.8 Å². The SMILES string of the molecule is CCCCc1c(I)c(OCCN(CC)CC)c(I)c(-c2coc3ccccc23)c1C=O.Cl. The Morgan fingerprint density at radius 2 is 1.81 bits per heavy atom. The maximum absolute atomic E-state index is 12.4. The molecular weight excluding hydrogens is 652 g/mol. The Kier molecular flexibility index (Phi) is 11.3. The number of halogens is 3. The zero-order valence-electron chi connectivity index (χ0n) is 18.7. The number of aldehydes is 1. The van der Waals surface area contributed by atoms with Crippen molar-refractivity contribution >= 4 is 74.8 Å². The Labute approximate surface area is 224 Å². The highest BCUT2D eigenvalue weighted by atomic mass is 127. The van der Waals surface area contributed by atoms with Gasteiger partial charge < -0.3 is 14.1 Å². The predicted octanol–water partition coefficient (Wildman–Crippen LogP) is 7.61. The summed E-state index contributed by atoms with van der Waals surface area (Å²) >= 11 is 4.69. The van der Waals surface area contributed by atoms with E-state index in [0.717, 1.165) is 91.3 Å². The molecule has 0 atom stereocenters. The molecule has 0 spiro atoms. The van der Waals surface area contributed by atoms with E-state index in [1.54, 1.807) is 6.26 Å². The summed E-state index contributed by atoms with van der Waals surface area (Å²) in [6.07, 6.45) is 5.73. The van der Waals surface area contributed by atoms with E-state index in [0.29, 0.717) is 6.61 Å². The van der Waals surface area contributed by atoms with E-state index in [9.17, 15) is 4.79 Å². The van der Waals surface area contributed by atoms with Crippen molar-refractivity contribution in [2.75, 3.05) is 26.2 Å². The molecule has 0 unspecified atom stereocenters. The molecule has 0 aliphatic heterocycles. The van der Waals surface area contributed by atoms with Gasteiger partial charge in [0.2, 0.25) is 0 Å². The number of unbranched alkanes of at least 4 members (excludes halogenated alkanes) is 1. The van der Waals surface area contributed by atoms with Gasteiger partial charge in [-0.25, -0.2) is 0 Å². The zero-order valence-corrected chi connectivity index (χ0v) is 23.9. The Hall–Kier alpha value is -0.840. The molecule has 1 heterocycles. The number of hydrogen-bond donors (Lipinski definition) is 0. The number of likely N-dealkylation sites (N-methyl/N-ethyl adjacent to an activating group) is 1. The molecule has 0 aliphatic carbocycles. The van der Waals surface area contributed by atoms with E-state index < -0.39 is 0 Å². The van der Waals surface area contributed by atoms with Gasteiger partial charge in [0, 0.05) is 28.6 Å². The molecule has 1 aromatic heterocycles. The average Bonchev–Trinajstić information content (AvgIpc) is 3.21. The van der Waals surface area contributed by atoms with Crippen LogP contribution in [0.1, 0.15) is 49.5 Å². The van der Waals surface area contributed by atoms with E-state index in [2.05, 4.69) is 70.9 Å². The van der Waals surface area contributed by atoms with Crippen LogP contribution in [0.5, 0.6) is 5.75 Å². The molecule has 174 valence electrons. The van der Waals surface area contributed by atoms with Crippen LogP contribution in [0.25, 0.3) is 22.1 Å². The van der Waals surface area contributed by atoms with Crippen molar-refractivity contribution in [3.63, 3.8) is 0 Å². The topological polar surface area (TPSA) is 42.7 Å². The van der Waals surface area contributed by atoms with Crippen LogP contribution < -0.4 is 4.74 Å². The minimum atomic E-state index is 0. The van der Waals surface area contributed by atoms with E-state index >= 15 is 0 Å². The van der Waals surface area contributed by atoms with Crippen LogP contribution in [0.2, 0.25) is 0 Å². The van der Waals surface area contributed by atoms with Gasteiger partial charge in [-0.1, -0.05) is 45.4 Å². The fourth-order valence-electron chi connectivity index (χ4n) is 3.84. The van der Waals surface area contributed by atoms with Crippen molar-refractivity contribution in [3.8, 4) is 16.9 Å². The van der Waals surface area contributed by atoms with Gasteiger partial charge in [-0.15, -0.1) is 12.4 Å². The summed E-state index contributed by atoms with van der Waals surface area (Å²) in [6.45, 7) is 10.0. The van der Waals surface area contributed by atoms with Crippen LogP contribution in [0.3, 0.4) is 0 Å². The summed E-state index contributed by atoms with van der Waals surface area (Å²) in [6, 6.07) is 7.96. The normalized spacial score (nSPS) is 11.1. The molecule has 32 heavy (non-hydrogen) atoms. The van der Waals surface area contributed by atoms with Gasteiger partial charge in [0.1, 0.15) is 17.9 Å². The van der Waals surface area contributed by atoms with Gasteiger partial charge in [-0.3, -0.25) is 4.79 Å². The van der Waals surface area contributed by atoms with Gasteiger partial charge in [0.15, 0.2) is 6.29 Å². The summed E-state index contributed by atoms with van der Waals surface area (Å²) in [4.78, 5) is 14.7. The maximum Gasteiger partial charge on any atom is 0.151 e. The second-order valence-electron chi connectivity index (χ2n) is 7.47. The van der Waals surface area contributed by atoms with Crippen LogP contribution >= 0.6 is 57.6 Å². The number of benzene rings is 2. The van der Waals surface area contributed by atoms with Crippen LogP contribution in [-0.4, -0.2) is 37.4 Å². The molecule has 0 amide bonds. The second-order valence-corrected chi connectivity index (χ2v) is 9.62. The van der Waals surface area contributed by atoms with E-state index in [1.807, 2.05) is 24.3 Å². The number of fused-ring (bicyclic) bond motifs is 1. The zero-order chi connectivity index (χ0) is 22.4. The third kappa shape index (κ3) is 5.80. The number of hydrogen-bond acceptors (Lipinski definition) is 4. The number of para-hydroxylation sites is 1. The van der Waals surface area contributed by atoms with E-state index in [-0.39, 0.29) is 12.4 Å². The third-order valence-electron chi connectivity index (χ3n) is 5.67. The maximum atomic E-state index is 12.4. The Balaban J connectivity index is 0.00000363. The third-order valence-corrected chi connectivity index (χ3v) is 7.84. The molecule has 0 fully saturated rings. The fraction of sp³-hybridized carbons (Fsp3) is 0.400. The van der Waals surface area contributed by atoms with E-state index in [1.165, 1.54) is 0 Å². The number of carbonyl (C=O) groups excluding carboxylic acids is 1. The first-order valence-corrected chi connectivity index (χ1v) is 13.0. The van der Waals surface area contributed by atoms with Crippen LogP contribution in [0.15, 0.2) is 34.9 Å².